The molecule has 0 aliphatic heterocycles. The first-order chi connectivity index (χ1) is 7.70. The van der Waals surface area contributed by atoms with Gasteiger partial charge in [-0.15, -0.1) is 0 Å². The zero-order valence-corrected chi connectivity index (χ0v) is 10.6. The fourth-order valence-electron chi connectivity index (χ4n) is 2.85. The Morgan fingerprint density at radius 1 is 1.31 bits per heavy atom. The molecule has 0 spiro atoms. The quantitative estimate of drug-likeness (QED) is 0.758. The van der Waals surface area contributed by atoms with Crippen LogP contribution in [-0.2, 0) is 4.79 Å². The first-order valence-electron chi connectivity index (χ1n) is 6.69. The summed E-state index contributed by atoms with van der Waals surface area (Å²) in [5.41, 5.74) is 0. The minimum Gasteiger partial charge on any atom is -0.480 e. The van der Waals surface area contributed by atoms with Crippen LogP contribution in [0.5, 0.6) is 0 Å². The number of carboxylic acid groups (broad SMARTS) is 1. The molecule has 1 aliphatic rings. The molecule has 0 saturated heterocycles. The highest BCUT2D eigenvalue weighted by Gasteiger charge is 2.30. The highest BCUT2D eigenvalue weighted by molar-refractivity contribution is 5.73. The highest BCUT2D eigenvalue weighted by atomic mass is 16.4. The summed E-state index contributed by atoms with van der Waals surface area (Å²) in [7, 11) is 0. The van der Waals surface area contributed by atoms with Crippen molar-refractivity contribution in [3.8, 4) is 0 Å². The molecule has 3 heteroatoms. The Kier molecular flexibility index (Phi) is 5.81. The minimum absolute atomic E-state index is 0.266. The Labute approximate surface area is 98.8 Å². The van der Waals surface area contributed by atoms with Gasteiger partial charge in [-0.1, -0.05) is 39.5 Å². The van der Waals surface area contributed by atoms with E-state index in [1.807, 2.05) is 0 Å². The lowest BCUT2D eigenvalue weighted by Crippen LogP contribution is -2.47. The van der Waals surface area contributed by atoms with Gasteiger partial charge in [0.1, 0.15) is 6.04 Å². The van der Waals surface area contributed by atoms with E-state index in [1.165, 1.54) is 32.1 Å². The van der Waals surface area contributed by atoms with Crippen LogP contribution in [-0.4, -0.2) is 34.6 Å². The van der Waals surface area contributed by atoms with E-state index in [2.05, 4.69) is 18.7 Å². The van der Waals surface area contributed by atoms with Crippen molar-refractivity contribution in [2.24, 2.45) is 0 Å². The monoisotopic (exact) mass is 227 g/mol. The normalized spacial score (nSPS) is 19.9. The van der Waals surface area contributed by atoms with Gasteiger partial charge in [0.05, 0.1) is 0 Å². The number of hydrogen-bond acceptors (Lipinski definition) is 2. The lowest BCUT2D eigenvalue weighted by atomic mass is 9.92. The number of aliphatic carboxylic acids is 1. The molecule has 1 atom stereocenters. The molecule has 3 nitrogen and oxygen atoms in total. The van der Waals surface area contributed by atoms with Crippen LogP contribution in [0.1, 0.15) is 58.8 Å². The van der Waals surface area contributed by atoms with E-state index in [1.54, 1.807) is 0 Å². The second-order valence-corrected chi connectivity index (χ2v) is 4.76. The highest BCUT2D eigenvalue weighted by Crippen LogP contribution is 2.25. The van der Waals surface area contributed by atoms with E-state index in [9.17, 15) is 9.90 Å². The molecule has 0 radical (unpaired) electrons. The smallest absolute Gasteiger partial charge is 0.320 e. The van der Waals surface area contributed by atoms with E-state index in [4.69, 9.17) is 0 Å². The lowest BCUT2D eigenvalue weighted by Gasteiger charge is -2.37. The number of carbonyl (C=O) groups is 1. The van der Waals surface area contributed by atoms with Crippen molar-refractivity contribution in [1.82, 2.24) is 4.90 Å². The Bertz CT molecular complexity index is 212. The Hall–Kier alpha value is -0.570. The largest absolute Gasteiger partial charge is 0.480 e. The summed E-state index contributed by atoms with van der Waals surface area (Å²) >= 11 is 0. The minimum atomic E-state index is -0.644. The van der Waals surface area contributed by atoms with Crippen molar-refractivity contribution in [2.75, 3.05) is 6.54 Å². The van der Waals surface area contributed by atoms with Crippen LogP contribution in [0.2, 0.25) is 0 Å². The van der Waals surface area contributed by atoms with Gasteiger partial charge in [0, 0.05) is 6.04 Å². The summed E-state index contributed by atoms with van der Waals surface area (Å²) in [5.74, 6) is -0.644. The zero-order valence-electron chi connectivity index (χ0n) is 10.6. The molecule has 0 aromatic heterocycles. The first kappa shape index (κ1) is 13.5. The van der Waals surface area contributed by atoms with E-state index in [-0.39, 0.29) is 6.04 Å². The Morgan fingerprint density at radius 3 is 2.38 bits per heavy atom. The average Bonchev–Trinajstić information content (AvgIpc) is 2.30. The van der Waals surface area contributed by atoms with Gasteiger partial charge in [0.25, 0.3) is 0 Å². The van der Waals surface area contributed by atoms with Crippen LogP contribution in [0.15, 0.2) is 0 Å². The summed E-state index contributed by atoms with van der Waals surface area (Å²) in [6.07, 6.45) is 7.93. The fourth-order valence-corrected chi connectivity index (χ4v) is 2.85. The van der Waals surface area contributed by atoms with E-state index >= 15 is 0 Å². The van der Waals surface area contributed by atoms with Crippen molar-refractivity contribution in [1.29, 1.82) is 0 Å². The van der Waals surface area contributed by atoms with Crippen molar-refractivity contribution in [3.05, 3.63) is 0 Å². The zero-order chi connectivity index (χ0) is 12.0. The fraction of sp³-hybridized carbons (Fsp3) is 0.923. The maximum atomic E-state index is 11.3. The molecule has 94 valence electrons. The first-order valence-corrected chi connectivity index (χ1v) is 6.69. The molecule has 1 unspecified atom stereocenters. The third-order valence-electron chi connectivity index (χ3n) is 3.66. The van der Waals surface area contributed by atoms with Gasteiger partial charge < -0.3 is 5.11 Å². The van der Waals surface area contributed by atoms with Gasteiger partial charge in [-0.05, 0) is 25.8 Å². The summed E-state index contributed by atoms with van der Waals surface area (Å²) in [5, 5.41) is 9.29. The molecule has 1 saturated carbocycles. The van der Waals surface area contributed by atoms with Crippen LogP contribution < -0.4 is 0 Å². The van der Waals surface area contributed by atoms with E-state index in [0.29, 0.717) is 6.04 Å². The van der Waals surface area contributed by atoms with Gasteiger partial charge >= 0.3 is 5.97 Å². The van der Waals surface area contributed by atoms with Gasteiger partial charge in [-0.25, -0.2) is 0 Å². The molecule has 16 heavy (non-hydrogen) atoms. The number of rotatable bonds is 6. The summed E-state index contributed by atoms with van der Waals surface area (Å²) in [6, 6.07) is 0.240. The standard InChI is InChI=1S/C13H25NO2/c1-3-8-12(13(15)16)14(4-2)11-9-6-5-7-10-11/h11-12H,3-10H2,1-2H3,(H,15,16). The van der Waals surface area contributed by atoms with Gasteiger partial charge in [0.2, 0.25) is 0 Å². The summed E-state index contributed by atoms with van der Waals surface area (Å²) in [6.45, 7) is 5.01. The second-order valence-electron chi connectivity index (χ2n) is 4.76. The molecule has 0 aromatic rings. The molecular weight excluding hydrogens is 202 g/mol. The molecule has 1 rings (SSSR count). The lowest BCUT2D eigenvalue weighted by molar-refractivity contribution is -0.145. The predicted molar refractivity (Wildman–Crippen MR) is 65.6 cm³/mol. The summed E-state index contributed by atoms with van der Waals surface area (Å²) in [4.78, 5) is 13.5. The van der Waals surface area contributed by atoms with Crippen molar-refractivity contribution >= 4 is 5.97 Å². The number of nitrogens with zero attached hydrogens (tertiary/aromatic N) is 1. The van der Waals surface area contributed by atoms with Gasteiger partial charge in [-0.2, -0.15) is 0 Å². The van der Waals surface area contributed by atoms with Gasteiger partial charge in [0.15, 0.2) is 0 Å². The van der Waals surface area contributed by atoms with Crippen LogP contribution in [0.3, 0.4) is 0 Å². The predicted octanol–water partition coefficient (Wildman–Crippen LogP) is 2.89. The second kappa shape index (κ2) is 6.89. The number of carboxylic acids is 1. The molecule has 0 amide bonds. The topological polar surface area (TPSA) is 40.5 Å². The number of likely N-dealkylation sites (N-methyl/N-ethyl adjacent to an activating group) is 1. The van der Waals surface area contributed by atoms with Crippen LogP contribution in [0.25, 0.3) is 0 Å². The molecule has 1 fully saturated rings. The maximum Gasteiger partial charge on any atom is 0.320 e. The molecule has 0 heterocycles. The third-order valence-corrected chi connectivity index (χ3v) is 3.66. The molecule has 1 N–H and O–H groups in total. The van der Waals surface area contributed by atoms with Crippen LogP contribution >= 0.6 is 0 Å². The summed E-state index contributed by atoms with van der Waals surface area (Å²) < 4.78 is 0. The van der Waals surface area contributed by atoms with E-state index in [0.717, 1.165) is 19.4 Å². The van der Waals surface area contributed by atoms with Crippen LogP contribution in [0.4, 0.5) is 0 Å². The van der Waals surface area contributed by atoms with Crippen molar-refractivity contribution in [3.63, 3.8) is 0 Å². The number of hydrogen-bond donors (Lipinski definition) is 1. The Balaban J connectivity index is 2.64. The van der Waals surface area contributed by atoms with Gasteiger partial charge in [-0.3, -0.25) is 9.69 Å². The third kappa shape index (κ3) is 3.48. The van der Waals surface area contributed by atoms with Crippen molar-refractivity contribution in [2.45, 2.75) is 70.9 Å². The maximum absolute atomic E-state index is 11.3. The molecule has 0 aromatic carbocycles. The van der Waals surface area contributed by atoms with Crippen LogP contribution in [0, 0.1) is 0 Å². The average molecular weight is 227 g/mol. The Morgan fingerprint density at radius 2 is 1.94 bits per heavy atom. The molecule has 0 bridgehead atoms. The molecular formula is C13H25NO2. The van der Waals surface area contributed by atoms with Crippen molar-refractivity contribution < 1.29 is 9.90 Å². The van der Waals surface area contributed by atoms with E-state index < -0.39 is 5.97 Å². The SMILES string of the molecule is CCCC(C(=O)O)N(CC)C1CCCCC1. The molecule has 1 aliphatic carbocycles.